The number of carbonyl (C=O) groups excluding carboxylic acids is 1. The number of carboxylic acid groups (broad SMARTS) is 1. The summed E-state index contributed by atoms with van der Waals surface area (Å²) in [6, 6.07) is 19.0. The van der Waals surface area contributed by atoms with Crippen LogP contribution in [0.4, 0.5) is 0 Å². The van der Waals surface area contributed by atoms with Crippen LogP contribution >= 0.6 is 15.9 Å². The molecular weight excluding hydrogens is 540 g/mol. The molecule has 37 heavy (non-hydrogen) atoms. The molecule has 190 valence electrons. The van der Waals surface area contributed by atoms with Gasteiger partial charge in [-0.2, -0.15) is 5.26 Å². The van der Waals surface area contributed by atoms with Crippen LogP contribution in [0.2, 0.25) is 0 Å². The molecule has 8 nitrogen and oxygen atoms in total. The molecule has 0 aliphatic heterocycles. The van der Waals surface area contributed by atoms with Crippen molar-refractivity contribution < 1.29 is 28.9 Å². The van der Waals surface area contributed by atoms with Crippen LogP contribution in [0.5, 0.6) is 17.2 Å². The van der Waals surface area contributed by atoms with Crippen LogP contribution < -0.4 is 19.5 Å². The van der Waals surface area contributed by atoms with Crippen LogP contribution in [-0.2, 0) is 17.9 Å². The number of ether oxygens (including phenoxy) is 3. The largest absolute Gasteiger partial charge is 0.497 e. The Hall–Kier alpha value is -4.29. The number of carboxylic acids is 1. The molecule has 2 N–H and O–H groups in total. The van der Waals surface area contributed by atoms with Gasteiger partial charge in [-0.25, -0.2) is 4.79 Å². The van der Waals surface area contributed by atoms with E-state index in [0.29, 0.717) is 33.9 Å². The normalized spacial score (nSPS) is 10.8. The molecule has 3 rings (SSSR count). The first-order chi connectivity index (χ1) is 17.8. The lowest BCUT2D eigenvalue weighted by atomic mass is 10.1. The lowest BCUT2D eigenvalue weighted by Gasteiger charge is -2.15. The average molecular weight is 565 g/mol. The summed E-state index contributed by atoms with van der Waals surface area (Å²) in [5.74, 6) is 0.0954. The van der Waals surface area contributed by atoms with E-state index in [1.54, 1.807) is 43.5 Å². The molecule has 0 spiro atoms. The molecule has 0 radical (unpaired) electrons. The minimum atomic E-state index is -0.997. The fourth-order valence-electron chi connectivity index (χ4n) is 3.31. The van der Waals surface area contributed by atoms with E-state index in [9.17, 15) is 14.9 Å². The quantitative estimate of drug-likeness (QED) is 0.238. The fourth-order valence-corrected chi connectivity index (χ4v) is 3.88. The number of amides is 1. The maximum Gasteiger partial charge on any atom is 0.335 e. The Balaban J connectivity index is 1.75. The number of hydrogen-bond acceptors (Lipinski definition) is 6. The molecule has 0 fully saturated rings. The van der Waals surface area contributed by atoms with Gasteiger partial charge in [0.2, 0.25) is 0 Å². The minimum absolute atomic E-state index is 0.0601. The van der Waals surface area contributed by atoms with Crippen LogP contribution in [0.15, 0.2) is 70.7 Å². The lowest BCUT2D eigenvalue weighted by molar-refractivity contribution is -0.117. The van der Waals surface area contributed by atoms with Crippen molar-refractivity contribution in [2.45, 2.75) is 20.1 Å². The van der Waals surface area contributed by atoms with Gasteiger partial charge in [0.1, 0.15) is 24.0 Å². The van der Waals surface area contributed by atoms with Crippen molar-refractivity contribution in [3.63, 3.8) is 0 Å². The van der Waals surface area contributed by atoms with Crippen LogP contribution in [0.3, 0.4) is 0 Å². The van der Waals surface area contributed by atoms with Crippen LogP contribution in [0.1, 0.15) is 34.0 Å². The molecule has 0 heterocycles. The summed E-state index contributed by atoms with van der Waals surface area (Å²) in [6.45, 7) is 2.65. The number of nitrogens with zero attached hydrogens (tertiary/aromatic N) is 1. The molecule has 0 atom stereocenters. The number of halogens is 1. The molecular formula is C28H25BrN2O6. The Kier molecular flexibility index (Phi) is 9.69. The van der Waals surface area contributed by atoms with Gasteiger partial charge in [-0.3, -0.25) is 4.79 Å². The summed E-state index contributed by atoms with van der Waals surface area (Å²) in [5, 5.41) is 21.4. The molecule has 0 saturated carbocycles. The molecule has 0 saturated heterocycles. The molecule has 0 aliphatic carbocycles. The summed E-state index contributed by atoms with van der Waals surface area (Å²) < 4.78 is 17.4. The fraction of sp³-hybridized carbons (Fsp3) is 0.179. The van der Waals surface area contributed by atoms with Gasteiger partial charge < -0.3 is 24.6 Å². The van der Waals surface area contributed by atoms with E-state index in [2.05, 4.69) is 21.2 Å². The third kappa shape index (κ3) is 7.59. The third-order valence-corrected chi connectivity index (χ3v) is 5.79. The van der Waals surface area contributed by atoms with E-state index in [0.717, 1.165) is 11.1 Å². The van der Waals surface area contributed by atoms with Crippen molar-refractivity contribution in [2.75, 3.05) is 13.7 Å². The zero-order valence-electron chi connectivity index (χ0n) is 20.3. The van der Waals surface area contributed by atoms with E-state index in [1.165, 1.54) is 18.2 Å². The second-order valence-electron chi connectivity index (χ2n) is 7.75. The van der Waals surface area contributed by atoms with Gasteiger partial charge >= 0.3 is 5.97 Å². The van der Waals surface area contributed by atoms with Gasteiger partial charge in [-0.05, 0) is 82.0 Å². The molecule has 3 aromatic rings. The van der Waals surface area contributed by atoms with Gasteiger partial charge in [0.25, 0.3) is 5.91 Å². The monoisotopic (exact) mass is 564 g/mol. The number of carbonyl (C=O) groups is 2. The van der Waals surface area contributed by atoms with E-state index >= 15 is 0 Å². The van der Waals surface area contributed by atoms with Crippen molar-refractivity contribution >= 4 is 33.9 Å². The highest BCUT2D eigenvalue weighted by atomic mass is 79.9. The SMILES string of the molecule is CCOc1cc(/C=C(/C#N)C(=O)NCc2ccc(OC)cc2)cc(Br)c1OCc1ccc(C(=O)O)cc1. The topological polar surface area (TPSA) is 118 Å². The van der Waals surface area contributed by atoms with Crippen LogP contribution in [0.25, 0.3) is 6.08 Å². The Morgan fingerprint density at radius 2 is 1.73 bits per heavy atom. The number of rotatable bonds is 11. The Labute approximate surface area is 223 Å². The number of hydrogen-bond donors (Lipinski definition) is 2. The van der Waals surface area contributed by atoms with Gasteiger partial charge in [0.15, 0.2) is 11.5 Å². The lowest BCUT2D eigenvalue weighted by Crippen LogP contribution is -2.23. The zero-order chi connectivity index (χ0) is 26.8. The highest BCUT2D eigenvalue weighted by Crippen LogP contribution is 2.38. The van der Waals surface area contributed by atoms with Gasteiger partial charge in [0, 0.05) is 6.54 Å². The second-order valence-corrected chi connectivity index (χ2v) is 8.61. The molecule has 0 unspecified atom stereocenters. The maximum atomic E-state index is 12.6. The van der Waals surface area contributed by atoms with E-state index < -0.39 is 11.9 Å². The number of aromatic carboxylic acids is 1. The third-order valence-electron chi connectivity index (χ3n) is 5.20. The summed E-state index contributed by atoms with van der Waals surface area (Å²) in [5.41, 5.74) is 2.35. The van der Waals surface area contributed by atoms with Gasteiger partial charge in [-0.15, -0.1) is 0 Å². The number of nitrogens with one attached hydrogen (secondary N) is 1. The van der Waals surface area contributed by atoms with Crippen molar-refractivity contribution in [1.82, 2.24) is 5.32 Å². The Morgan fingerprint density at radius 1 is 1.05 bits per heavy atom. The smallest absolute Gasteiger partial charge is 0.335 e. The van der Waals surface area contributed by atoms with E-state index in [-0.39, 0.29) is 24.3 Å². The summed E-state index contributed by atoms with van der Waals surface area (Å²) >= 11 is 3.49. The standard InChI is InChI=1S/C28H25BrN2O6/c1-3-36-25-14-20(12-22(15-30)27(32)31-16-18-6-10-23(35-2)11-7-18)13-24(29)26(25)37-17-19-4-8-21(9-5-19)28(33)34/h4-14H,3,16-17H2,1-2H3,(H,31,32)(H,33,34)/b22-12-. The van der Waals surface area contributed by atoms with Crippen LogP contribution in [0, 0.1) is 11.3 Å². The number of methoxy groups -OCH3 is 1. The molecule has 0 bridgehead atoms. The predicted octanol–water partition coefficient (Wildman–Crippen LogP) is 5.36. The van der Waals surface area contributed by atoms with E-state index in [1.807, 2.05) is 25.1 Å². The number of nitriles is 1. The molecule has 1 amide bonds. The Bertz CT molecular complexity index is 1330. The first kappa shape index (κ1) is 27.3. The van der Waals surface area contributed by atoms with Crippen molar-refractivity contribution in [3.8, 4) is 23.3 Å². The Morgan fingerprint density at radius 3 is 2.32 bits per heavy atom. The number of benzene rings is 3. The zero-order valence-corrected chi connectivity index (χ0v) is 21.9. The van der Waals surface area contributed by atoms with Gasteiger partial charge in [-0.1, -0.05) is 24.3 Å². The molecule has 0 aliphatic rings. The predicted molar refractivity (Wildman–Crippen MR) is 141 cm³/mol. The molecule has 0 aromatic heterocycles. The highest BCUT2D eigenvalue weighted by Gasteiger charge is 2.15. The van der Waals surface area contributed by atoms with Crippen molar-refractivity contribution in [1.29, 1.82) is 5.26 Å². The summed E-state index contributed by atoms with van der Waals surface area (Å²) in [7, 11) is 1.58. The van der Waals surface area contributed by atoms with E-state index in [4.69, 9.17) is 19.3 Å². The minimum Gasteiger partial charge on any atom is -0.497 e. The summed E-state index contributed by atoms with van der Waals surface area (Å²) in [4.78, 5) is 23.7. The van der Waals surface area contributed by atoms with Crippen molar-refractivity contribution in [3.05, 3.63) is 93.0 Å². The maximum absolute atomic E-state index is 12.6. The molecule has 3 aromatic carbocycles. The second kappa shape index (κ2) is 13.1. The first-order valence-electron chi connectivity index (χ1n) is 11.3. The molecule has 9 heteroatoms. The highest BCUT2D eigenvalue weighted by molar-refractivity contribution is 9.10. The van der Waals surface area contributed by atoms with Crippen LogP contribution in [-0.4, -0.2) is 30.7 Å². The van der Waals surface area contributed by atoms with Gasteiger partial charge in [0.05, 0.1) is 23.8 Å². The van der Waals surface area contributed by atoms with Crippen molar-refractivity contribution in [2.24, 2.45) is 0 Å². The summed E-state index contributed by atoms with van der Waals surface area (Å²) in [6.07, 6.45) is 1.48. The first-order valence-corrected chi connectivity index (χ1v) is 12.1. The average Bonchev–Trinajstić information content (AvgIpc) is 2.90.